The summed E-state index contributed by atoms with van der Waals surface area (Å²) in [5.41, 5.74) is 3.25. The van der Waals surface area contributed by atoms with Crippen LogP contribution >= 0.6 is 0 Å². The van der Waals surface area contributed by atoms with Gasteiger partial charge in [0.1, 0.15) is 0 Å². The van der Waals surface area contributed by atoms with Crippen LogP contribution in [-0.4, -0.2) is 58.0 Å². The van der Waals surface area contributed by atoms with Gasteiger partial charge in [-0.05, 0) is 57.4 Å². The average molecular weight is 346 g/mol. The zero-order chi connectivity index (χ0) is 17.8. The van der Waals surface area contributed by atoms with Gasteiger partial charge in [0.2, 0.25) is 11.8 Å². The first-order valence-electron chi connectivity index (χ1n) is 9.60. The van der Waals surface area contributed by atoms with Crippen LogP contribution in [0, 0.1) is 19.8 Å². The smallest absolute Gasteiger partial charge is 0.222 e. The highest BCUT2D eigenvalue weighted by atomic mass is 16.2. The van der Waals surface area contributed by atoms with E-state index < -0.39 is 0 Å². The molecule has 0 unspecified atom stereocenters. The van der Waals surface area contributed by atoms with E-state index in [4.69, 9.17) is 0 Å². The molecule has 6 nitrogen and oxygen atoms in total. The molecule has 0 radical (unpaired) electrons. The first kappa shape index (κ1) is 18.0. The van der Waals surface area contributed by atoms with Crippen LogP contribution in [0.5, 0.6) is 0 Å². The number of hydrogen-bond acceptors (Lipinski definition) is 3. The fourth-order valence-electron chi connectivity index (χ4n) is 4.08. The molecule has 0 bridgehead atoms. The minimum Gasteiger partial charge on any atom is -0.343 e. The lowest BCUT2D eigenvalue weighted by Gasteiger charge is -2.33. The minimum atomic E-state index is 0.258. The summed E-state index contributed by atoms with van der Waals surface area (Å²) in [5.74, 6) is 1.22. The number of aromatic nitrogens is 2. The van der Waals surface area contributed by atoms with E-state index in [-0.39, 0.29) is 5.91 Å². The van der Waals surface area contributed by atoms with Crippen LogP contribution in [0.25, 0.3) is 0 Å². The zero-order valence-corrected chi connectivity index (χ0v) is 15.5. The van der Waals surface area contributed by atoms with Crippen molar-refractivity contribution in [3.63, 3.8) is 0 Å². The number of carbonyl (C=O) groups is 2. The average Bonchev–Trinajstić information content (AvgIpc) is 3.17. The van der Waals surface area contributed by atoms with Crippen LogP contribution in [0.4, 0.5) is 0 Å². The third-order valence-corrected chi connectivity index (χ3v) is 5.82. The SMILES string of the molecule is Cc1n[nH]c(C)c1CCC(=O)N1CCC(CCN2CCCC2=O)CC1. The largest absolute Gasteiger partial charge is 0.343 e. The minimum absolute atomic E-state index is 0.258. The fourth-order valence-corrected chi connectivity index (χ4v) is 4.08. The molecule has 1 N–H and O–H groups in total. The lowest BCUT2D eigenvalue weighted by atomic mass is 9.93. The maximum absolute atomic E-state index is 12.5. The van der Waals surface area contributed by atoms with Crippen molar-refractivity contribution >= 4 is 11.8 Å². The number of rotatable bonds is 6. The Morgan fingerprint density at radius 3 is 2.60 bits per heavy atom. The molecule has 2 fully saturated rings. The van der Waals surface area contributed by atoms with E-state index >= 15 is 0 Å². The molecule has 25 heavy (non-hydrogen) atoms. The quantitative estimate of drug-likeness (QED) is 0.858. The molecule has 0 spiro atoms. The summed E-state index contributed by atoms with van der Waals surface area (Å²) >= 11 is 0. The fraction of sp³-hybridized carbons (Fsp3) is 0.737. The second-order valence-corrected chi connectivity index (χ2v) is 7.51. The second kappa shape index (κ2) is 8.02. The van der Waals surface area contributed by atoms with Gasteiger partial charge in [0.05, 0.1) is 5.69 Å². The summed E-state index contributed by atoms with van der Waals surface area (Å²) in [6.07, 6.45) is 6.29. The Bertz CT molecular complexity index is 597. The standard InChI is InChI=1S/C19H30N4O2/c1-14-17(15(2)21-20-14)5-6-19(25)23-12-8-16(9-13-23)7-11-22-10-3-4-18(22)24/h16H,3-13H2,1-2H3,(H,20,21). The summed E-state index contributed by atoms with van der Waals surface area (Å²) in [6, 6.07) is 0. The molecule has 2 amide bonds. The molecule has 0 atom stereocenters. The molecule has 2 aliphatic heterocycles. The van der Waals surface area contributed by atoms with E-state index in [0.717, 1.165) is 76.1 Å². The van der Waals surface area contributed by atoms with Crippen LogP contribution in [0.2, 0.25) is 0 Å². The van der Waals surface area contributed by atoms with E-state index in [2.05, 4.69) is 10.2 Å². The number of piperidine rings is 1. The first-order chi connectivity index (χ1) is 12.0. The first-order valence-corrected chi connectivity index (χ1v) is 9.60. The van der Waals surface area contributed by atoms with Crippen LogP contribution in [0.15, 0.2) is 0 Å². The van der Waals surface area contributed by atoms with Crippen molar-refractivity contribution in [1.29, 1.82) is 0 Å². The Hall–Kier alpha value is -1.85. The maximum Gasteiger partial charge on any atom is 0.222 e. The number of likely N-dealkylation sites (tertiary alicyclic amines) is 2. The Labute approximate surface area is 149 Å². The van der Waals surface area contributed by atoms with Gasteiger partial charge >= 0.3 is 0 Å². The van der Waals surface area contributed by atoms with Gasteiger partial charge in [-0.3, -0.25) is 14.7 Å². The van der Waals surface area contributed by atoms with Crippen molar-refractivity contribution in [1.82, 2.24) is 20.0 Å². The third kappa shape index (κ3) is 4.41. The Morgan fingerprint density at radius 1 is 1.24 bits per heavy atom. The Morgan fingerprint density at radius 2 is 2.00 bits per heavy atom. The highest BCUT2D eigenvalue weighted by molar-refractivity contribution is 5.78. The Balaban J connectivity index is 1.38. The summed E-state index contributed by atoms with van der Waals surface area (Å²) < 4.78 is 0. The number of aryl methyl sites for hydroxylation is 2. The number of aromatic amines is 1. The second-order valence-electron chi connectivity index (χ2n) is 7.51. The van der Waals surface area contributed by atoms with Gasteiger partial charge in [-0.1, -0.05) is 0 Å². The Kier molecular flexibility index (Phi) is 5.76. The molecule has 0 aliphatic carbocycles. The van der Waals surface area contributed by atoms with Gasteiger partial charge in [0.15, 0.2) is 0 Å². The molecular weight excluding hydrogens is 316 g/mol. The number of nitrogens with one attached hydrogen (secondary N) is 1. The molecule has 1 aromatic rings. The van der Waals surface area contributed by atoms with E-state index in [1.165, 1.54) is 5.56 Å². The van der Waals surface area contributed by atoms with E-state index in [1.807, 2.05) is 23.6 Å². The predicted octanol–water partition coefficient (Wildman–Crippen LogP) is 2.21. The van der Waals surface area contributed by atoms with Gasteiger partial charge < -0.3 is 9.80 Å². The van der Waals surface area contributed by atoms with Crippen LogP contribution in [0.1, 0.15) is 55.5 Å². The molecule has 3 heterocycles. The van der Waals surface area contributed by atoms with E-state index in [0.29, 0.717) is 18.2 Å². The summed E-state index contributed by atoms with van der Waals surface area (Å²) in [5, 5.41) is 7.18. The van der Waals surface area contributed by atoms with Crippen molar-refractivity contribution in [3.8, 4) is 0 Å². The molecule has 1 aromatic heterocycles. The highest BCUT2D eigenvalue weighted by Crippen LogP contribution is 2.23. The monoisotopic (exact) mass is 346 g/mol. The topological polar surface area (TPSA) is 69.3 Å². The maximum atomic E-state index is 12.5. The summed E-state index contributed by atoms with van der Waals surface area (Å²) in [4.78, 5) is 28.2. The zero-order valence-electron chi connectivity index (χ0n) is 15.5. The summed E-state index contributed by atoms with van der Waals surface area (Å²) in [7, 11) is 0. The molecule has 2 aliphatic rings. The third-order valence-electron chi connectivity index (χ3n) is 5.82. The molecule has 6 heteroatoms. The van der Waals surface area contributed by atoms with Crippen LogP contribution in [0.3, 0.4) is 0 Å². The molecule has 2 saturated heterocycles. The lowest BCUT2D eigenvalue weighted by Crippen LogP contribution is -2.39. The molecule has 138 valence electrons. The van der Waals surface area contributed by atoms with Gasteiger partial charge in [0.25, 0.3) is 0 Å². The normalized spacial score (nSPS) is 19.0. The number of nitrogens with zero attached hydrogens (tertiary/aromatic N) is 3. The van der Waals surface area contributed by atoms with E-state index in [9.17, 15) is 9.59 Å². The molecule has 3 rings (SSSR count). The molecule has 0 saturated carbocycles. The van der Waals surface area contributed by atoms with Crippen molar-refractivity contribution in [2.24, 2.45) is 5.92 Å². The number of hydrogen-bond donors (Lipinski definition) is 1. The van der Waals surface area contributed by atoms with Crippen LogP contribution in [-0.2, 0) is 16.0 Å². The van der Waals surface area contributed by atoms with Crippen molar-refractivity contribution in [3.05, 3.63) is 17.0 Å². The van der Waals surface area contributed by atoms with Gasteiger partial charge in [-0.2, -0.15) is 5.10 Å². The predicted molar refractivity (Wildman–Crippen MR) is 96.1 cm³/mol. The summed E-state index contributed by atoms with van der Waals surface area (Å²) in [6.45, 7) is 7.55. The van der Waals surface area contributed by atoms with Crippen molar-refractivity contribution in [2.45, 2.75) is 58.8 Å². The van der Waals surface area contributed by atoms with Gasteiger partial charge in [-0.25, -0.2) is 0 Å². The number of carbonyl (C=O) groups excluding carboxylic acids is 2. The number of amides is 2. The molecular formula is C19H30N4O2. The van der Waals surface area contributed by atoms with Crippen molar-refractivity contribution in [2.75, 3.05) is 26.2 Å². The van der Waals surface area contributed by atoms with Gasteiger partial charge in [0, 0.05) is 44.7 Å². The highest BCUT2D eigenvalue weighted by Gasteiger charge is 2.25. The van der Waals surface area contributed by atoms with E-state index in [1.54, 1.807) is 0 Å². The number of H-pyrrole nitrogens is 1. The molecule has 0 aromatic carbocycles. The van der Waals surface area contributed by atoms with Crippen molar-refractivity contribution < 1.29 is 9.59 Å². The lowest BCUT2D eigenvalue weighted by molar-refractivity contribution is -0.132. The van der Waals surface area contributed by atoms with Gasteiger partial charge in [-0.15, -0.1) is 0 Å². The van der Waals surface area contributed by atoms with Crippen LogP contribution < -0.4 is 0 Å².